The van der Waals surface area contributed by atoms with E-state index in [9.17, 15) is 13.2 Å². The number of sulfonamides is 1. The highest BCUT2D eigenvalue weighted by Crippen LogP contribution is 2.30. The monoisotopic (exact) mass is 408 g/mol. The summed E-state index contributed by atoms with van der Waals surface area (Å²) >= 11 is 2.31. The molecule has 2 aromatic heterocycles. The van der Waals surface area contributed by atoms with Gasteiger partial charge in [0.2, 0.25) is 5.13 Å². The van der Waals surface area contributed by atoms with E-state index in [0.29, 0.717) is 9.37 Å². The van der Waals surface area contributed by atoms with E-state index < -0.39 is 16.1 Å². The van der Waals surface area contributed by atoms with Crippen molar-refractivity contribution in [2.24, 2.45) is 0 Å². The molecule has 2 N–H and O–H groups in total. The van der Waals surface area contributed by atoms with Crippen LogP contribution in [-0.2, 0) is 10.0 Å². The van der Waals surface area contributed by atoms with Crippen molar-refractivity contribution < 1.29 is 13.2 Å². The van der Waals surface area contributed by atoms with Crippen molar-refractivity contribution in [1.29, 1.82) is 0 Å². The largest absolute Gasteiger partial charge is 0.334 e. The van der Waals surface area contributed by atoms with Gasteiger partial charge in [0.05, 0.1) is 11.1 Å². The van der Waals surface area contributed by atoms with Crippen LogP contribution >= 0.6 is 23.1 Å². The number of hydrogen-bond donors (Lipinski definition) is 2. The van der Waals surface area contributed by atoms with Gasteiger partial charge in [0.1, 0.15) is 5.03 Å². The van der Waals surface area contributed by atoms with Crippen LogP contribution in [0.2, 0.25) is 0 Å². The lowest BCUT2D eigenvalue weighted by molar-refractivity contribution is 0.256. The standard InChI is InChI=1S/C14H12N6O3S3/c1-9-2-4-10(5-3-9)26(22,23)20-12(21)17-13-18-19-14(25-13)24-11-8-15-6-7-16-11/h2-8H,1H3,(H2,17,18,20,21). The summed E-state index contributed by atoms with van der Waals surface area (Å²) in [5.74, 6) is 0. The molecule has 0 saturated carbocycles. The van der Waals surface area contributed by atoms with E-state index >= 15 is 0 Å². The summed E-state index contributed by atoms with van der Waals surface area (Å²) < 4.78 is 26.8. The Kier molecular flexibility index (Phi) is 5.44. The van der Waals surface area contributed by atoms with Gasteiger partial charge in [0.15, 0.2) is 4.34 Å². The number of benzene rings is 1. The molecule has 3 rings (SSSR count). The number of carbonyl (C=O) groups is 1. The number of aromatic nitrogens is 4. The van der Waals surface area contributed by atoms with Crippen LogP contribution in [0.1, 0.15) is 5.56 Å². The fourth-order valence-corrected chi connectivity index (χ4v) is 4.28. The van der Waals surface area contributed by atoms with E-state index in [1.54, 1.807) is 30.7 Å². The summed E-state index contributed by atoms with van der Waals surface area (Å²) in [6, 6.07) is 5.22. The molecule has 0 saturated heterocycles. The first kappa shape index (κ1) is 18.2. The van der Waals surface area contributed by atoms with Crippen LogP contribution in [0, 0.1) is 6.92 Å². The molecule has 3 aromatic rings. The third-order valence-electron chi connectivity index (χ3n) is 2.92. The van der Waals surface area contributed by atoms with E-state index in [1.807, 2.05) is 11.6 Å². The second-order valence-corrected chi connectivity index (χ2v) is 8.82. The van der Waals surface area contributed by atoms with Gasteiger partial charge in [-0.15, -0.1) is 10.2 Å². The molecule has 134 valence electrons. The molecule has 0 unspecified atom stereocenters. The maximum Gasteiger partial charge on any atom is 0.334 e. The lowest BCUT2D eigenvalue weighted by Crippen LogP contribution is -2.34. The second kappa shape index (κ2) is 7.76. The quantitative estimate of drug-likeness (QED) is 0.616. The Morgan fingerprint density at radius 1 is 1.15 bits per heavy atom. The molecular weight excluding hydrogens is 396 g/mol. The van der Waals surface area contributed by atoms with Crippen molar-refractivity contribution in [1.82, 2.24) is 24.9 Å². The molecule has 0 radical (unpaired) electrons. The van der Waals surface area contributed by atoms with E-state index in [-0.39, 0.29) is 10.0 Å². The Hall–Kier alpha value is -2.57. The van der Waals surface area contributed by atoms with E-state index in [1.165, 1.54) is 23.9 Å². The zero-order chi connectivity index (χ0) is 18.6. The summed E-state index contributed by atoms with van der Waals surface area (Å²) in [6.45, 7) is 1.84. The third kappa shape index (κ3) is 4.74. The predicted octanol–water partition coefficient (Wildman–Crippen LogP) is 2.30. The van der Waals surface area contributed by atoms with Gasteiger partial charge in [-0.2, -0.15) is 0 Å². The van der Waals surface area contributed by atoms with Crippen molar-refractivity contribution >= 4 is 44.3 Å². The number of nitrogens with one attached hydrogen (secondary N) is 2. The van der Waals surface area contributed by atoms with Crippen LogP contribution < -0.4 is 10.0 Å². The zero-order valence-electron chi connectivity index (χ0n) is 13.3. The summed E-state index contributed by atoms with van der Waals surface area (Å²) in [4.78, 5) is 20.0. The maximum atomic E-state index is 12.2. The molecule has 9 nitrogen and oxygen atoms in total. The number of anilines is 1. The first-order valence-electron chi connectivity index (χ1n) is 7.10. The molecule has 0 atom stereocenters. The number of urea groups is 1. The highest BCUT2D eigenvalue weighted by molar-refractivity contribution is 8.01. The molecule has 0 spiro atoms. The summed E-state index contributed by atoms with van der Waals surface area (Å²) in [5.41, 5.74) is 0.912. The first-order valence-corrected chi connectivity index (χ1v) is 10.2. The lowest BCUT2D eigenvalue weighted by Gasteiger charge is -2.06. The average Bonchev–Trinajstić information content (AvgIpc) is 3.02. The van der Waals surface area contributed by atoms with Gasteiger partial charge in [-0.1, -0.05) is 29.0 Å². The van der Waals surface area contributed by atoms with Gasteiger partial charge in [-0.05, 0) is 30.8 Å². The molecule has 26 heavy (non-hydrogen) atoms. The van der Waals surface area contributed by atoms with Gasteiger partial charge < -0.3 is 0 Å². The molecule has 12 heteroatoms. The van der Waals surface area contributed by atoms with Crippen LogP contribution in [0.25, 0.3) is 0 Å². The molecule has 0 aliphatic rings. The van der Waals surface area contributed by atoms with Crippen LogP contribution in [0.5, 0.6) is 0 Å². The minimum Gasteiger partial charge on any atom is -0.281 e. The highest BCUT2D eigenvalue weighted by Gasteiger charge is 2.18. The Balaban J connectivity index is 1.62. The van der Waals surface area contributed by atoms with Gasteiger partial charge >= 0.3 is 6.03 Å². The number of hydrogen-bond acceptors (Lipinski definition) is 9. The number of aryl methyl sites for hydroxylation is 1. The number of nitrogens with zero attached hydrogens (tertiary/aromatic N) is 4. The third-order valence-corrected chi connectivity index (χ3v) is 6.07. The fourth-order valence-electron chi connectivity index (χ4n) is 1.75. The zero-order valence-corrected chi connectivity index (χ0v) is 15.7. The predicted molar refractivity (Wildman–Crippen MR) is 96.6 cm³/mol. The number of amides is 2. The smallest absolute Gasteiger partial charge is 0.281 e. The summed E-state index contributed by atoms with van der Waals surface area (Å²) in [6.07, 6.45) is 4.67. The normalized spacial score (nSPS) is 11.1. The Labute approximate surface area is 157 Å². The SMILES string of the molecule is Cc1ccc(S(=O)(=O)NC(=O)Nc2nnc(Sc3cnccn3)s2)cc1. The minimum absolute atomic E-state index is 0.00518. The van der Waals surface area contributed by atoms with Crippen molar-refractivity contribution in [3.8, 4) is 0 Å². The molecule has 0 fully saturated rings. The van der Waals surface area contributed by atoms with Crippen molar-refractivity contribution in [2.45, 2.75) is 21.2 Å². The summed E-state index contributed by atoms with van der Waals surface area (Å²) in [5, 5.41) is 10.8. The number of rotatable bonds is 5. The Morgan fingerprint density at radius 3 is 2.62 bits per heavy atom. The number of carbonyl (C=O) groups excluding carboxylic acids is 1. The second-order valence-electron chi connectivity index (χ2n) is 4.89. The maximum absolute atomic E-state index is 12.2. The minimum atomic E-state index is -3.97. The topological polar surface area (TPSA) is 127 Å². The van der Waals surface area contributed by atoms with Crippen LogP contribution in [-0.4, -0.2) is 34.6 Å². The molecule has 1 aromatic carbocycles. The molecule has 2 heterocycles. The molecule has 0 aliphatic heterocycles. The Bertz CT molecular complexity index is 1010. The van der Waals surface area contributed by atoms with Crippen molar-refractivity contribution in [3.63, 3.8) is 0 Å². The Morgan fingerprint density at radius 2 is 1.92 bits per heavy atom. The van der Waals surface area contributed by atoms with Gasteiger partial charge in [-0.3, -0.25) is 10.3 Å². The van der Waals surface area contributed by atoms with Crippen molar-refractivity contribution in [3.05, 3.63) is 48.4 Å². The van der Waals surface area contributed by atoms with E-state index in [2.05, 4.69) is 25.5 Å². The first-order chi connectivity index (χ1) is 12.4. The average molecular weight is 408 g/mol. The van der Waals surface area contributed by atoms with Crippen molar-refractivity contribution in [2.75, 3.05) is 5.32 Å². The van der Waals surface area contributed by atoms with Gasteiger partial charge in [0, 0.05) is 12.4 Å². The van der Waals surface area contributed by atoms with E-state index in [4.69, 9.17) is 0 Å². The molecule has 0 bridgehead atoms. The van der Waals surface area contributed by atoms with E-state index in [0.717, 1.165) is 16.9 Å². The lowest BCUT2D eigenvalue weighted by atomic mass is 10.2. The van der Waals surface area contributed by atoms with Gasteiger partial charge in [0.25, 0.3) is 10.0 Å². The van der Waals surface area contributed by atoms with Gasteiger partial charge in [-0.25, -0.2) is 22.9 Å². The van der Waals surface area contributed by atoms with Crippen LogP contribution in [0.15, 0.2) is 57.1 Å². The van der Waals surface area contributed by atoms with Crippen LogP contribution in [0.3, 0.4) is 0 Å². The van der Waals surface area contributed by atoms with Crippen LogP contribution in [0.4, 0.5) is 9.93 Å². The molecular formula is C14H12N6O3S3. The molecule has 2 amide bonds. The summed E-state index contributed by atoms with van der Waals surface area (Å²) in [7, 11) is -3.97. The highest BCUT2D eigenvalue weighted by atomic mass is 32.2. The molecule has 0 aliphatic carbocycles. The fraction of sp³-hybridized carbons (Fsp3) is 0.0714.